The number of hydrogen-bond acceptors (Lipinski definition) is 6. The lowest BCUT2D eigenvalue weighted by atomic mass is 10.2. The molecular formula is C12H14N4O2S. The summed E-state index contributed by atoms with van der Waals surface area (Å²) in [4.78, 5) is 10.5. The molecule has 3 rings (SSSR count). The van der Waals surface area contributed by atoms with Crippen LogP contribution < -0.4 is 10.6 Å². The second-order valence-electron chi connectivity index (χ2n) is 4.61. The Balaban J connectivity index is 1.96. The zero-order valence-electron chi connectivity index (χ0n) is 10.3. The first kappa shape index (κ1) is 12.2. The molecule has 1 aliphatic heterocycles. The molecule has 1 fully saturated rings. The van der Waals surface area contributed by atoms with Crippen LogP contribution in [0.15, 0.2) is 24.5 Å². The molecule has 1 aliphatic rings. The summed E-state index contributed by atoms with van der Waals surface area (Å²) in [5.74, 6) is 1.12. The number of nitrogen functional groups attached to an aromatic ring is 1. The first-order valence-corrected chi connectivity index (χ1v) is 7.83. The monoisotopic (exact) mass is 278 g/mol. The van der Waals surface area contributed by atoms with Crippen LogP contribution in [0.1, 0.15) is 0 Å². The third-order valence-electron chi connectivity index (χ3n) is 3.28. The van der Waals surface area contributed by atoms with Gasteiger partial charge in [-0.2, -0.15) is 0 Å². The minimum absolute atomic E-state index is 0.179. The van der Waals surface area contributed by atoms with Gasteiger partial charge in [0.2, 0.25) is 0 Å². The molecule has 6 nitrogen and oxygen atoms in total. The van der Waals surface area contributed by atoms with Gasteiger partial charge in [-0.25, -0.2) is 13.4 Å². The van der Waals surface area contributed by atoms with E-state index in [9.17, 15) is 8.42 Å². The molecule has 1 saturated heterocycles. The number of pyridine rings is 2. The Morgan fingerprint density at radius 2 is 1.89 bits per heavy atom. The van der Waals surface area contributed by atoms with Crippen LogP contribution in [-0.4, -0.2) is 43.0 Å². The lowest BCUT2D eigenvalue weighted by Gasteiger charge is -2.27. The Kier molecular flexibility index (Phi) is 2.78. The summed E-state index contributed by atoms with van der Waals surface area (Å²) >= 11 is 0. The van der Waals surface area contributed by atoms with Crippen molar-refractivity contribution in [1.29, 1.82) is 0 Å². The van der Waals surface area contributed by atoms with Crippen LogP contribution in [0.25, 0.3) is 10.9 Å². The van der Waals surface area contributed by atoms with E-state index < -0.39 is 9.84 Å². The molecule has 0 radical (unpaired) electrons. The van der Waals surface area contributed by atoms with Gasteiger partial charge in [-0.05, 0) is 12.1 Å². The summed E-state index contributed by atoms with van der Waals surface area (Å²) < 4.78 is 22.8. The molecule has 100 valence electrons. The summed E-state index contributed by atoms with van der Waals surface area (Å²) in [5, 5.41) is 0.883. The number of rotatable bonds is 1. The summed E-state index contributed by atoms with van der Waals surface area (Å²) in [6.45, 7) is 0.956. The predicted octanol–water partition coefficient (Wildman–Crippen LogP) is 0.447. The van der Waals surface area contributed by atoms with E-state index in [4.69, 9.17) is 5.73 Å². The van der Waals surface area contributed by atoms with Gasteiger partial charge in [-0.1, -0.05) is 0 Å². The van der Waals surface area contributed by atoms with Crippen molar-refractivity contribution in [3.05, 3.63) is 24.5 Å². The molecule has 0 aliphatic carbocycles. The minimum atomic E-state index is -2.88. The largest absolute Gasteiger partial charge is 0.396 e. The number of nitrogens with zero attached hydrogens (tertiary/aromatic N) is 3. The van der Waals surface area contributed by atoms with Gasteiger partial charge in [-0.3, -0.25) is 4.98 Å². The van der Waals surface area contributed by atoms with Gasteiger partial charge in [0.05, 0.1) is 28.9 Å². The van der Waals surface area contributed by atoms with Crippen molar-refractivity contribution in [3.63, 3.8) is 0 Å². The predicted molar refractivity (Wildman–Crippen MR) is 74.8 cm³/mol. The number of anilines is 2. The van der Waals surface area contributed by atoms with Crippen molar-refractivity contribution < 1.29 is 8.42 Å². The van der Waals surface area contributed by atoms with Gasteiger partial charge in [0, 0.05) is 24.7 Å². The average molecular weight is 278 g/mol. The maximum atomic E-state index is 11.4. The Hall–Kier alpha value is -1.89. The van der Waals surface area contributed by atoms with E-state index in [0.29, 0.717) is 24.3 Å². The van der Waals surface area contributed by atoms with E-state index in [1.807, 2.05) is 17.0 Å². The Bertz CT molecular complexity index is 716. The Labute approximate surface area is 111 Å². The maximum absolute atomic E-state index is 11.4. The van der Waals surface area contributed by atoms with Gasteiger partial charge in [-0.15, -0.1) is 0 Å². The molecule has 2 aromatic heterocycles. The number of fused-ring (bicyclic) bond motifs is 1. The van der Waals surface area contributed by atoms with Crippen molar-refractivity contribution in [3.8, 4) is 0 Å². The lowest BCUT2D eigenvalue weighted by molar-refractivity contribution is 0.586. The molecule has 0 atom stereocenters. The molecule has 19 heavy (non-hydrogen) atoms. The van der Waals surface area contributed by atoms with E-state index in [2.05, 4.69) is 9.97 Å². The van der Waals surface area contributed by atoms with Crippen LogP contribution in [0.2, 0.25) is 0 Å². The second kappa shape index (κ2) is 4.34. The minimum Gasteiger partial charge on any atom is -0.396 e. The highest BCUT2D eigenvalue weighted by Crippen LogP contribution is 2.22. The first-order valence-electron chi connectivity index (χ1n) is 6.01. The Morgan fingerprint density at radius 3 is 2.63 bits per heavy atom. The molecule has 0 aromatic carbocycles. The average Bonchev–Trinajstić information content (AvgIpc) is 2.39. The van der Waals surface area contributed by atoms with Crippen LogP contribution in [0.3, 0.4) is 0 Å². The molecular weight excluding hydrogens is 264 g/mol. The molecule has 2 aromatic rings. The van der Waals surface area contributed by atoms with Crippen molar-refractivity contribution in [1.82, 2.24) is 9.97 Å². The standard InChI is InChI=1S/C12H14N4O2S/c13-10-8-14-7-9-1-2-11(15-12(9)10)16-3-5-19(17,18)6-4-16/h1-2,7-8H,3-6,13H2. The second-order valence-corrected chi connectivity index (χ2v) is 6.91. The van der Waals surface area contributed by atoms with Crippen molar-refractivity contribution >= 4 is 32.2 Å². The van der Waals surface area contributed by atoms with Crippen molar-refractivity contribution in [2.24, 2.45) is 0 Å². The van der Waals surface area contributed by atoms with E-state index in [1.165, 1.54) is 0 Å². The molecule has 0 saturated carbocycles. The van der Waals surface area contributed by atoms with Crippen molar-refractivity contribution in [2.75, 3.05) is 35.2 Å². The zero-order valence-corrected chi connectivity index (χ0v) is 11.1. The van der Waals surface area contributed by atoms with Gasteiger partial charge in [0.15, 0.2) is 9.84 Å². The number of aromatic nitrogens is 2. The SMILES string of the molecule is Nc1cncc2ccc(N3CCS(=O)(=O)CC3)nc12. The van der Waals surface area contributed by atoms with E-state index in [0.717, 1.165) is 11.2 Å². The fourth-order valence-electron chi connectivity index (χ4n) is 2.17. The quantitative estimate of drug-likeness (QED) is 0.814. The molecule has 0 bridgehead atoms. The molecule has 0 spiro atoms. The maximum Gasteiger partial charge on any atom is 0.153 e. The fraction of sp³-hybridized carbons (Fsp3) is 0.333. The Morgan fingerprint density at radius 1 is 1.16 bits per heavy atom. The molecule has 3 heterocycles. The first-order chi connectivity index (χ1) is 9.05. The number of hydrogen-bond donors (Lipinski definition) is 1. The molecule has 2 N–H and O–H groups in total. The molecule has 7 heteroatoms. The highest BCUT2D eigenvalue weighted by molar-refractivity contribution is 7.91. The van der Waals surface area contributed by atoms with Crippen LogP contribution in [0, 0.1) is 0 Å². The number of sulfone groups is 1. The highest BCUT2D eigenvalue weighted by atomic mass is 32.2. The third-order valence-corrected chi connectivity index (χ3v) is 4.89. The van der Waals surface area contributed by atoms with Gasteiger partial charge in [0.1, 0.15) is 5.82 Å². The van der Waals surface area contributed by atoms with Crippen LogP contribution in [0.4, 0.5) is 11.5 Å². The summed E-state index contributed by atoms with van der Waals surface area (Å²) in [6, 6.07) is 3.78. The van der Waals surface area contributed by atoms with Crippen LogP contribution >= 0.6 is 0 Å². The van der Waals surface area contributed by atoms with Crippen molar-refractivity contribution in [2.45, 2.75) is 0 Å². The summed E-state index contributed by atoms with van der Waals surface area (Å²) in [6.07, 6.45) is 3.28. The topological polar surface area (TPSA) is 89.2 Å². The zero-order chi connectivity index (χ0) is 13.5. The van der Waals surface area contributed by atoms with Crippen LogP contribution in [-0.2, 0) is 9.84 Å². The van der Waals surface area contributed by atoms with E-state index >= 15 is 0 Å². The third kappa shape index (κ3) is 2.33. The van der Waals surface area contributed by atoms with Gasteiger partial charge >= 0.3 is 0 Å². The molecule has 0 amide bonds. The summed E-state index contributed by atoms with van der Waals surface area (Å²) in [5.41, 5.74) is 7.10. The van der Waals surface area contributed by atoms with E-state index in [1.54, 1.807) is 12.4 Å². The van der Waals surface area contributed by atoms with Crippen LogP contribution in [0.5, 0.6) is 0 Å². The van der Waals surface area contributed by atoms with Gasteiger partial charge in [0.25, 0.3) is 0 Å². The fourth-order valence-corrected chi connectivity index (χ4v) is 3.37. The highest BCUT2D eigenvalue weighted by Gasteiger charge is 2.22. The smallest absolute Gasteiger partial charge is 0.153 e. The lowest BCUT2D eigenvalue weighted by Crippen LogP contribution is -2.40. The van der Waals surface area contributed by atoms with E-state index in [-0.39, 0.29) is 11.5 Å². The normalized spacial score (nSPS) is 18.6. The van der Waals surface area contributed by atoms with Gasteiger partial charge < -0.3 is 10.6 Å². The number of nitrogens with two attached hydrogens (primary N) is 1. The summed E-state index contributed by atoms with van der Waals surface area (Å²) in [7, 11) is -2.88. The molecule has 0 unspecified atom stereocenters.